The minimum absolute atomic E-state index is 0.110. The van der Waals surface area contributed by atoms with Crippen LogP contribution in [0.25, 0.3) is 10.9 Å². The van der Waals surface area contributed by atoms with Crippen molar-refractivity contribution in [3.63, 3.8) is 0 Å². The summed E-state index contributed by atoms with van der Waals surface area (Å²) in [4.78, 5) is 42.0. The van der Waals surface area contributed by atoms with Gasteiger partial charge in [-0.3, -0.25) is 19.5 Å². The van der Waals surface area contributed by atoms with Crippen LogP contribution in [0.4, 0.5) is 4.79 Å². The number of nitrogens with one attached hydrogen (secondary N) is 2. The van der Waals surface area contributed by atoms with Crippen LogP contribution in [-0.4, -0.2) is 27.2 Å². The van der Waals surface area contributed by atoms with E-state index in [1.807, 2.05) is 18.2 Å². The summed E-state index contributed by atoms with van der Waals surface area (Å²) in [5, 5.41) is 6.14. The Bertz CT molecular complexity index is 1350. The molecule has 0 bridgehead atoms. The van der Waals surface area contributed by atoms with Crippen LogP contribution in [0.1, 0.15) is 11.3 Å². The standard InChI is InChI=1S/C23H19ClN4O4S/c24-18-9-3-1-6-15(18)13-28-21(30)17-8-2-4-10-19(17)26-23(28)33-14-20(29)27-22(31)25-12-16-7-5-11-32-16/h1-11H,12-14H2,(H2,25,27,29,31). The van der Waals surface area contributed by atoms with E-state index in [-0.39, 0.29) is 24.4 Å². The van der Waals surface area contributed by atoms with Crippen LogP contribution >= 0.6 is 23.4 Å². The van der Waals surface area contributed by atoms with Crippen LogP contribution in [0.5, 0.6) is 0 Å². The maximum atomic E-state index is 13.2. The highest BCUT2D eigenvalue weighted by atomic mass is 35.5. The Balaban J connectivity index is 1.50. The van der Waals surface area contributed by atoms with Gasteiger partial charge in [-0.15, -0.1) is 0 Å². The highest BCUT2D eigenvalue weighted by Gasteiger charge is 2.16. The van der Waals surface area contributed by atoms with Gasteiger partial charge >= 0.3 is 6.03 Å². The van der Waals surface area contributed by atoms with Crippen LogP contribution in [0, 0.1) is 0 Å². The first-order chi connectivity index (χ1) is 16.0. The van der Waals surface area contributed by atoms with Gasteiger partial charge in [0, 0.05) is 5.02 Å². The van der Waals surface area contributed by atoms with E-state index < -0.39 is 11.9 Å². The van der Waals surface area contributed by atoms with Gasteiger partial charge in [-0.25, -0.2) is 9.78 Å². The summed E-state index contributed by atoms with van der Waals surface area (Å²) in [7, 11) is 0. The molecule has 0 spiro atoms. The van der Waals surface area contributed by atoms with Gasteiger partial charge in [-0.2, -0.15) is 0 Å². The number of hydrogen-bond donors (Lipinski definition) is 2. The number of thioether (sulfide) groups is 1. The highest BCUT2D eigenvalue weighted by Crippen LogP contribution is 2.21. The van der Waals surface area contributed by atoms with Gasteiger partial charge < -0.3 is 9.73 Å². The Morgan fingerprint density at radius 3 is 2.64 bits per heavy atom. The van der Waals surface area contributed by atoms with Gasteiger partial charge in [0.2, 0.25) is 5.91 Å². The Hall–Kier alpha value is -3.56. The Morgan fingerprint density at radius 2 is 1.85 bits per heavy atom. The molecule has 4 aromatic rings. The molecule has 0 aliphatic rings. The molecule has 33 heavy (non-hydrogen) atoms. The first-order valence-corrected chi connectivity index (χ1v) is 11.3. The van der Waals surface area contributed by atoms with Gasteiger partial charge in [0.15, 0.2) is 5.16 Å². The second-order valence-electron chi connectivity index (χ2n) is 6.99. The van der Waals surface area contributed by atoms with Gasteiger partial charge in [0.25, 0.3) is 5.56 Å². The molecule has 2 heterocycles. The normalized spacial score (nSPS) is 10.8. The molecule has 2 aromatic heterocycles. The van der Waals surface area contributed by atoms with Crippen molar-refractivity contribution in [1.82, 2.24) is 20.2 Å². The molecule has 3 amide bonds. The molecule has 0 unspecified atom stereocenters. The van der Waals surface area contributed by atoms with Crippen molar-refractivity contribution in [1.29, 1.82) is 0 Å². The molecule has 0 radical (unpaired) electrons. The molecular formula is C23H19ClN4O4S. The zero-order valence-corrected chi connectivity index (χ0v) is 18.9. The van der Waals surface area contributed by atoms with Gasteiger partial charge in [0.05, 0.1) is 36.0 Å². The highest BCUT2D eigenvalue weighted by molar-refractivity contribution is 7.99. The zero-order valence-electron chi connectivity index (χ0n) is 17.3. The number of carbonyl (C=O) groups excluding carboxylic acids is 2. The minimum atomic E-state index is -0.642. The maximum Gasteiger partial charge on any atom is 0.321 e. The van der Waals surface area contributed by atoms with Crippen LogP contribution in [-0.2, 0) is 17.9 Å². The molecule has 0 saturated heterocycles. The first-order valence-electron chi connectivity index (χ1n) is 9.97. The summed E-state index contributed by atoms with van der Waals surface area (Å²) >= 11 is 7.36. The fourth-order valence-corrected chi connectivity index (χ4v) is 4.11. The van der Waals surface area contributed by atoms with E-state index in [0.29, 0.717) is 26.8 Å². The summed E-state index contributed by atoms with van der Waals surface area (Å²) in [6.07, 6.45) is 1.50. The molecule has 0 fully saturated rings. The van der Waals surface area contributed by atoms with Crippen LogP contribution in [0.2, 0.25) is 5.02 Å². The van der Waals surface area contributed by atoms with Crippen LogP contribution < -0.4 is 16.2 Å². The van der Waals surface area contributed by atoms with Gasteiger partial charge in [-0.05, 0) is 35.9 Å². The second kappa shape index (κ2) is 10.4. The summed E-state index contributed by atoms with van der Waals surface area (Å²) in [5.41, 5.74) is 1.04. The van der Waals surface area contributed by atoms with Crippen molar-refractivity contribution >= 4 is 46.2 Å². The van der Waals surface area contributed by atoms with Crippen molar-refractivity contribution in [3.8, 4) is 0 Å². The van der Waals surface area contributed by atoms with Crippen molar-refractivity contribution in [3.05, 3.63) is 93.6 Å². The van der Waals surface area contributed by atoms with E-state index in [1.54, 1.807) is 42.5 Å². The lowest BCUT2D eigenvalue weighted by atomic mass is 10.2. The third-order valence-electron chi connectivity index (χ3n) is 4.70. The van der Waals surface area contributed by atoms with E-state index in [4.69, 9.17) is 16.0 Å². The van der Waals surface area contributed by atoms with Gasteiger partial charge in [0.1, 0.15) is 5.76 Å². The number of furan rings is 1. The maximum absolute atomic E-state index is 13.2. The van der Waals surface area contributed by atoms with E-state index >= 15 is 0 Å². The number of nitrogens with zero attached hydrogens (tertiary/aromatic N) is 2. The fourth-order valence-electron chi connectivity index (χ4n) is 3.11. The molecule has 0 aliphatic heterocycles. The van der Waals surface area contributed by atoms with Crippen LogP contribution in [0.15, 0.2) is 81.3 Å². The first kappa shape index (κ1) is 22.6. The summed E-state index contributed by atoms with van der Waals surface area (Å²) in [5.74, 6) is -0.0684. The Labute approximate surface area is 198 Å². The van der Waals surface area contributed by atoms with E-state index in [9.17, 15) is 14.4 Å². The molecule has 10 heteroatoms. The number of urea groups is 1. The zero-order chi connectivity index (χ0) is 23.2. The average Bonchev–Trinajstić information content (AvgIpc) is 3.33. The smallest absolute Gasteiger partial charge is 0.321 e. The molecular weight excluding hydrogens is 464 g/mol. The average molecular weight is 483 g/mol. The minimum Gasteiger partial charge on any atom is -0.467 e. The van der Waals surface area contributed by atoms with E-state index in [2.05, 4.69) is 15.6 Å². The number of imide groups is 1. The fraction of sp³-hybridized carbons (Fsp3) is 0.130. The molecule has 8 nitrogen and oxygen atoms in total. The lowest BCUT2D eigenvalue weighted by molar-refractivity contribution is -0.117. The van der Waals surface area contributed by atoms with E-state index in [0.717, 1.165) is 17.3 Å². The molecule has 0 aliphatic carbocycles. The van der Waals surface area contributed by atoms with Crippen molar-refractivity contribution < 1.29 is 14.0 Å². The lowest BCUT2D eigenvalue weighted by Gasteiger charge is -2.14. The quantitative estimate of drug-likeness (QED) is 0.306. The van der Waals surface area contributed by atoms with E-state index in [1.165, 1.54) is 10.8 Å². The van der Waals surface area contributed by atoms with Crippen molar-refractivity contribution in [2.75, 3.05) is 5.75 Å². The molecule has 2 aromatic carbocycles. The molecule has 168 valence electrons. The topological polar surface area (TPSA) is 106 Å². The summed E-state index contributed by atoms with van der Waals surface area (Å²) in [6.45, 7) is 0.354. The number of benzene rings is 2. The number of fused-ring (bicyclic) bond motifs is 1. The second-order valence-corrected chi connectivity index (χ2v) is 8.34. The largest absolute Gasteiger partial charge is 0.467 e. The molecule has 2 N–H and O–H groups in total. The van der Waals surface area contributed by atoms with Crippen molar-refractivity contribution in [2.24, 2.45) is 0 Å². The number of para-hydroxylation sites is 1. The molecule has 0 atom stereocenters. The summed E-state index contributed by atoms with van der Waals surface area (Å²) in [6, 6.07) is 17.0. The number of aromatic nitrogens is 2. The third-order valence-corrected chi connectivity index (χ3v) is 6.05. The number of hydrogen-bond acceptors (Lipinski definition) is 6. The van der Waals surface area contributed by atoms with Crippen molar-refractivity contribution in [2.45, 2.75) is 18.2 Å². The third kappa shape index (κ3) is 5.63. The van der Waals surface area contributed by atoms with Gasteiger partial charge in [-0.1, -0.05) is 53.7 Å². The monoisotopic (exact) mass is 482 g/mol. The predicted molar refractivity (Wildman–Crippen MR) is 126 cm³/mol. The number of halogens is 1. The molecule has 4 rings (SSSR count). The number of carbonyl (C=O) groups is 2. The SMILES string of the molecule is O=C(CSc1nc2ccccc2c(=O)n1Cc1ccccc1Cl)NC(=O)NCc1ccco1. The Kier molecular flexibility index (Phi) is 7.11. The molecule has 0 saturated carbocycles. The predicted octanol–water partition coefficient (Wildman–Crippen LogP) is 3.81. The van der Waals surface area contributed by atoms with Crippen LogP contribution in [0.3, 0.4) is 0 Å². The lowest BCUT2D eigenvalue weighted by Crippen LogP contribution is -2.40. The summed E-state index contributed by atoms with van der Waals surface area (Å²) < 4.78 is 6.61. The Morgan fingerprint density at radius 1 is 1.06 bits per heavy atom. The number of rotatable bonds is 7. The number of amides is 3.